The molecule has 0 spiro atoms. The number of aromatic nitrogens is 1. The molecule has 0 aliphatic heterocycles. The predicted octanol–water partition coefficient (Wildman–Crippen LogP) is 4.90. The topological polar surface area (TPSA) is 102 Å². The lowest BCUT2D eigenvalue weighted by molar-refractivity contribution is 0.0951. The molecule has 3 N–H and O–H groups in total. The Balaban J connectivity index is 1.92. The first-order valence-electron chi connectivity index (χ1n) is 10.9. The molecule has 1 aromatic heterocycles. The van der Waals surface area contributed by atoms with Crippen LogP contribution in [0.25, 0.3) is 0 Å². The molecule has 1 heterocycles. The number of carbonyl (C=O) groups is 1. The standard InChI is InChI=1S/C25H29ClN6O/c1-17-6-4-12-25(2,3)22(17)21(15-29-23(33)18-8-10-19(26)11-9-18)32-24(30-16-27)31-20-7-5-13-28-14-20/h5,7-11,13-14,21H,4,6,12,15H2,1-3H3,(H,29,33)(H2,30,31,32). The third-order valence-corrected chi connectivity index (χ3v) is 6.07. The van der Waals surface area contributed by atoms with Crippen LogP contribution in [-0.4, -0.2) is 29.4 Å². The summed E-state index contributed by atoms with van der Waals surface area (Å²) in [4.78, 5) is 21.7. The Labute approximate surface area is 200 Å². The summed E-state index contributed by atoms with van der Waals surface area (Å²) in [7, 11) is 0. The molecular weight excluding hydrogens is 436 g/mol. The van der Waals surface area contributed by atoms with Crippen LogP contribution in [0, 0.1) is 16.9 Å². The lowest BCUT2D eigenvalue weighted by Gasteiger charge is -2.38. The maximum absolute atomic E-state index is 12.8. The first-order valence-corrected chi connectivity index (χ1v) is 11.3. The average Bonchev–Trinajstić information content (AvgIpc) is 2.77. The number of carbonyl (C=O) groups excluding carboxylic acids is 1. The second-order valence-electron chi connectivity index (χ2n) is 8.75. The van der Waals surface area contributed by atoms with E-state index in [-0.39, 0.29) is 17.4 Å². The van der Waals surface area contributed by atoms with E-state index in [0.717, 1.165) is 19.3 Å². The average molecular weight is 465 g/mol. The molecule has 1 amide bonds. The second kappa shape index (κ2) is 11.0. The number of hydrogen-bond donors (Lipinski definition) is 3. The molecule has 7 nitrogen and oxygen atoms in total. The first kappa shape index (κ1) is 24.3. The number of nitrogens with zero attached hydrogens (tertiary/aromatic N) is 3. The van der Waals surface area contributed by atoms with Gasteiger partial charge in [0, 0.05) is 23.3 Å². The molecule has 0 bridgehead atoms. The number of anilines is 1. The Bertz CT molecular complexity index is 1070. The van der Waals surface area contributed by atoms with E-state index in [1.807, 2.05) is 12.3 Å². The summed E-state index contributed by atoms with van der Waals surface area (Å²) in [5.74, 6) is 0.103. The van der Waals surface area contributed by atoms with Crippen molar-refractivity contribution in [1.82, 2.24) is 15.6 Å². The van der Waals surface area contributed by atoms with Crippen LogP contribution in [0.2, 0.25) is 5.02 Å². The number of halogens is 1. The summed E-state index contributed by atoms with van der Waals surface area (Å²) in [6.07, 6.45) is 8.42. The van der Waals surface area contributed by atoms with Crippen LogP contribution in [0.5, 0.6) is 0 Å². The van der Waals surface area contributed by atoms with E-state index in [0.29, 0.717) is 28.8 Å². The van der Waals surface area contributed by atoms with Crippen molar-refractivity contribution in [3.63, 3.8) is 0 Å². The highest BCUT2D eigenvalue weighted by atomic mass is 35.5. The van der Waals surface area contributed by atoms with Crippen LogP contribution in [0.3, 0.4) is 0 Å². The highest BCUT2D eigenvalue weighted by Crippen LogP contribution is 2.42. The van der Waals surface area contributed by atoms with Crippen LogP contribution in [-0.2, 0) is 0 Å². The van der Waals surface area contributed by atoms with Gasteiger partial charge >= 0.3 is 0 Å². The largest absolute Gasteiger partial charge is 0.350 e. The van der Waals surface area contributed by atoms with Crippen molar-refractivity contribution in [3.8, 4) is 6.19 Å². The minimum Gasteiger partial charge on any atom is -0.350 e. The van der Waals surface area contributed by atoms with Crippen LogP contribution in [0.4, 0.5) is 5.69 Å². The first-order chi connectivity index (χ1) is 15.8. The smallest absolute Gasteiger partial charge is 0.251 e. The summed E-state index contributed by atoms with van der Waals surface area (Å²) in [6, 6.07) is 10.1. The molecule has 3 rings (SSSR count). The summed E-state index contributed by atoms with van der Waals surface area (Å²) in [6.45, 7) is 6.84. The highest BCUT2D eigenvalue weighted by molar-refractivity contribution is 6.30. The maximum Gasteiger partial charge on any atom is 0.251 e. The van der Waals surface area contributed by atoms with E-state index >= 15 is 0 Å². The predicted molar refractivity (Wildman–Crippen MR) is 132 cm³/mol. The van der Waals surface area contributed by atoms with Gasteiger partial charge in [-0.1, -0.05) is 31.0 Å². The molecule has 0 radical (unpaired) electrons. The van der Waals surface area contributed by atoms with Crippen LogP contribution in [0.1, 0.15) is 50.4 Å². The zero-order chi connectivity index (χ0) is 23.8. The molecule has 172 valence electrons. The maximum atomic E-state index is 12.8. The monoisotopic (exact) mass is 464 g/mol. The van der Waals surface area contributed by atoms with E-state index in [9.17, 15) is 10.1 Å². The molecule has 2 aromatic rings. The number of benzene rings is 1. The Hall–Kier alpha value is -3.37. The molecule has 0 saturated heterocycles. The molecule has 1 aliphatic rings. The number of rotatable bonds is 6. The Morgan fingerprint density at radius 2 is 2.06 bits per heavy atom. The van der Waals surface area contributed by atoms with E-state index in [2.05, 4.69) is 41.7 Å². The SMILES string of the molecule is CC1=C(C(CNC(=O)c2ccc(Cl)cc2)N=C(NC#N)Nc2cccnc2)C(C)(C)CCC1. The molecule has 1 aliphatic carbocycles. The number of guanidine groups is 1. The van der Waals surface area contributed by atoms with Gasteiger partial charge in [0.25, 0.3) is 5.91 Å². The van der Waals surface area contributed by atoms with Crippen molar-refractivity contribution in [2.24, 2.45) is 10.4 Å². The minimum absolute atomic E-state index is 0.0758. The van der Waals surface area contributed by atoms with Crippen molar-refractivity contribution in [1.29, 1.82) is 5.26 Å². The molecule has 0 saturated carbocycles. The molecule has 33 heavy (non-hydrogen) atoms. The Morgan fingerprint density at radius 3 is 2.70 bits per heavy atom. The van der Waals surface area contributed by atoms with Crippen molar-refractivity contribution in [2.75, 3.05) is 11.9 Å². The zero-order valence-corrected chi connectivity index (χ0v) is 19.9. The van der Waals surface area contributed by atoms with Gasteiger partial charge in [-0.2, -0.15) is 5.26 Å². The van der Waals surface area contributed by atoms with Gasteiger partial charge in [0.05, 0.1) is 17.9 Å². The number of hydrogen-bond acceptors (Lipinski definition) is 4. The van der Waals surface area contributed by atoms with Gasteiger partial charge in [-0.3, -0.25) is 15.1 Å². The number of aliphatic imine (C=N–C) groups is 1. The Kier molecular flexibility index (Phi) is 8.07. The summed E-state index contributed by atoms with van der Waals surface area (Å²) in [5, 5.41) is 18.6. The van der Waals surface area contributed by atoms with Gasteiger partial charge in [0.15, 0.2) is 6.19 Å². The van der Waals surface area contributed by atoms with Crippen molar-refractivity contribution in [2.45, 2.75) is 46.1 Å². The fraction of sp³-hybridized carbons (Fsp3) is 0.360. The van der Waals surface area contributed by atoms with Crippen LogP contribution < -0.4 is 16.0 Å². The number of nitrogens with one attached hydrogen (secondary N) is 3. The second-order valence-corrected chi connectivity index (χ2v) is 9.18. The molecule has 0 fully saturated rings. The van der Waals surface area contributed by atoms with Crippen LogP contribution >= 0.6 is 11.6 Å². The third-order valence-electron chi connectivity index (χ3n) is 5.82. The van der Waals surface area contributed by atoms with Crippen molar-refractivity contribution >= 4 is 29.2 Å². The quantitative estimate of drug-likeness (QED) is 0.185. The summed E-state index contributed by atoms with van der Waals surface area (Å²) >= 11 is 5.95. The van der Waals surface area contributed by atoms with E-state index in [1.54, 1.807) is 42.7 Å². The third kappa shape index (κ3) is 6.56. The van der Waals surface area contributed by atoms with Gasteiger partial charge in [-0.15, -0.1) is 0 Å². The van der Waals surface area contributed by atoms with E-state index < -0.39 is 0 Å². The Morgan fingerprint density at radius 1 is 1.30 bits per heavy atom. The molecule has 8 heteroatoms. The molecule has 1 atom stereocenters. The fourth-order valence-electron chi connectivity index (χ4n) is 4.36. The summed E-state index contributed by atoms with van der Waals surface area (Å²) < 4.78 is 0. The van der Waals surface area contributed by atoms with E-state index in [1.165, 1.54) is 11.1 Å². The van der Waals surface area contributed by atoms with Gasteiger partial charge in [0.1, 0.15) is 0 Å². The van der Waals surface area contributed by atoms with Crippen molar-refractivity contribution in [3.05, 3.63) is 70.5 Å². The highest BCUT2D eigenvalue weighted by Gasteiger charge is 2.34. The number of pyridine rings is 1. The van der Waals surface area contributed by atoms with Crippen LogP contribution in [0.15, 0.2) is 64.9 Å². The number of nitriles is 1. The number of amides is 1. The lowest BCUT2D eigenvalue weighted by Crippen LogP contribution is -2.40. The summed E-state index contributed by atoms with van der Waals surface area (Å²) in [5.41, 5.74) is 3.62. The van der Waals surface area contributed by atoms with Gasteiger partial charge in [-0.25, -0.2) is 4.99 Å². The van der Waals surface area contributed by atoms with Crippen molar-refractivity contribution < 1.29 is 4.79 Å². The fourth-order valence-corrected chi connectivity index (χ4v) is 4.49. The zero-order valence-electron chi connectivity index (χ0n) is 19.2. The van der Waals surface area contributed by atoms with Gasteiger partial charge < -0.3 is 10.6 Å². The van der Waals surface area contributed by atoms with Gasteiger partial charge in [-0.05, 0) is 73.6 Å². The molecule has 1 aromatic carbocycles. The normalized spacial score (nSPS) is 16.5. The van der Waals surface area contributed by atoms with E-state index in [4.69, 9.17) is 16.6 Å². The lowest BCUT2D eigenvalue weighted by atomic mass is 9.70. The minimum atomic E-state index is -0.350. The molecule has 1 unspecified atom stereocenters. The number of allylic oxidation sites excluding steroid dienone is 1. The van der Waals surface area contributed by atoms with Gasteiger partial charge in [0.2, 0.25) is 5.96 Å². The molecular formula is C25H29ClN6O.